The second-order valence-corrected chi connectivity index (χ2v) is 35.9. The molecule has 133 heavy (non-hydrogen) atoms. The van der Waals surface area contributed by atoms with Gasteiger partial charge in [0.25, 0.3) is 0 Å². The van der Waals surface area contributed by atoms with E-state index in [9.17, 15) is 0 Å². The molecule has 0 amide bonds. The van der Waals surface area contributed by atoms with Crippen LogP contribution in [-0.2, 0) is 5.41 Å². The van der Waals surface area contributed by atoms with E-state index in [-0.39, 0.29) is 5.41 Å². The highest BCUT2D eigenvalue weighted by atomic mass is 14.4. The molecule has 0 nitrogen and oxygen atoms in total. The van der Waals surface area contributed by atoms with Crippen LogP contribution in [0.15, 0.2) is 510 Å². The Morgan fingerprint density at radius 3 is 0.850 bits per heavy atom. The fourth-order valence-corrected chi connectivity index (χ4v) is 21.6. The van der Waals surface area contributed by atoms with Crippen molar-refractivity contribution in [1.82, 2.24) is 0 Å². The lowest BCUT2D eigenvalue weighted by Crippen LogP contribution is -2.14. The standard InChI is InChI=1S/C49H34.2C42H28/c1-49(2)45-21-10-9-17-38(45)39-26-24-35(30-46(39)49)34-25-27-43-44(29-34)47(36-23-22-31-12-3-4-14-33(31)28-36)41-18-7-8-19-42(41)48(43)40-20-11-15-32-13-5-6-16-37(32)40;1-3-12-29(13-4-1)30-22-24-33(25-23-30)41-37-19-9-10-20-38(37)42(32-15-5-2-6-16-32)40-28-34(26-27-39(40)41)36-21-11-17-31-14-7-8-18-35(31)36;1-3-11-29(12-4-1)31-19-22-33(23-20-31)41-37-17-9-10-18-38(37)42(32-14-5-2-6-15-32)40-28-36(25-26-39(40)41)35-24-21-30-13-7-8-16-34(30)27-35/h3-30H,1-2H3;2*1-28H. The van der Waals surface area contributed by atoms with E-state index in [1.54, 1.807) is 0 Å². The molecule has 25 aromatic rings. The maximum atomic E-state index is 2.46. The van der Waals surface area contributed by atoms with Crippen molar-refractivity contribution in [1.29, 1.82) is 0 Å². The zero-order valence-electron chi connectivity index (χ0n) is 74.0. The monoisotopic (exact) mass is 1690 g/mol. The van der Waals surface area contributed by atoms with Crippen molar-refractivity contribution in [3.05, 3.63) is 521 Å². The number of benzene rings is 25. The summed E-state index contributed by atoms with van der Waals surface area (Å²) < 4.78 is 0. The lowest BCUT2D eigenvalue weighted by Gasteiger charge is -2.22. The first kappa shape index (κ1) is 79.5. The molecule has 26 rings (SSSR count). The Morgan fingerprint density at radius 1 is 0.113 bits per heavy atom. The summed E-state index contributed by atoms with van der Waals surface area (Å²) in [6, 6.07) is 187. The van der Waals surface area contributed by atoms with Gasteiger partial charge in [0, 0.05) is 5.41 Å². The van der Waals surface area contributed by atoms with Gasteiger partial charge in [0.05, 0.1) is 0 Å². The van der Waals surface area contributed by atoms with Crippen molar-refractivity contribution in [3.8, 4) is 134 Å². The highest BCUT2D eigenvalue weighted by Gasteiger charge is 2.36. The Hall–Kier alpha value is -16.9. The minimum Gasteiger partial charge on any atom is -0.0622 e. The van der Waals surface area contributed by atoms with Gasteiger partial charge in [-0.3, -0.25) is 0 Å². The van der Waals surface area contributed by atoms with Crippen LogP contribution < -0.4 is 0 Å². The number of fused-ring (bicyclic) bond motifs is 13. The minimum atomic E-state index is -0.0488. The van der Waals surface area contributed by atoms with Crippen LogP contribution in [0.2, 0.25) is 0 Å². The molecule has 0 atom stereocenters. The highest BCUT2D eigenvalue weighted by Crippen LogP contribution is 2.54. The lowest BCUT2D eigenvalue weighted by molar-refractivity contribution is 0.660. The molecule has 0 N–H and O–H groups in total. The molecule has 0 saturated carbocycles. The molecule has 1 aliphatic rings. The first-order valence-electron chi connectivity index (χ1n) is 46.3. The van der Waals surface area contributed by atoms with E-state index in [4.69, 9.17) is 0 Å². The summed E-state index contributed by atoms with van der Waals surface area (Å²) in [6.07, 6.45) is 0. The zero-order valence-corrected chi connectivity index (χ0v) is 74.0. The van der Waals surface area contributed by atoms with Gasteiger partial charge in [0.1, 0.15) is 0 Å². The molecule has 25 aromatic carbocycles. The summed E-state index contributed by atoms with van der Waals surface area (Å²) in [6.45, 7) is 4.73. The van der Waals surface area contributed by atoms with E-state index in [2.05, 4.69) is 523 Å². The van der Waals surface area contributed by atoms with Crippen molar-refractivity contribution >= 4 is 108 Å². The van der Waals surface area contributed by atoms with Crippen LogP contribution >= 0.6 is 0 Å². The minimum absolute atomic E-state index is 0.0488. The van der Waals surface area contributed by atoms with Crippen molar-refractivity contribution in [2.45, 2.75) is 19.3 Å². The first-order chi connectivity index (χ1) is 65.7. The molecule has 1 aliphatic carbocycles. The third-order valence-corrected chi connectivity index (χ3v) is 28.0. The largest absolute Gasteiger partial charge is 0.0622 e. The average molecular weight is 1690 g/mol. The third kappa shape index (κ3) is 14.3. The lowest BCUT2D eigenvalue weighted by atomic mass is 9.81. The van der Waals surface area contributed by atoms with Gasteiger partial charge in [0.15, 0.2) is 0 Å². The predicted molar refractivity (Wildman–Crippen MR) is 572 cm³/mol. The number of rotatable bonds is 11. The van der Waals surface area contributed by atoms with Gasteiger partial charge in [-0.05, 0) is 289 Å². The van der Waals surface area contributed by atoms with Gasteiger partial charge in [-0.25, -0.2) is 0 Å². The molecule has 0 bridgehead atoms. The second kappa shape index (κ2) is 33.6. The molecule has 0 spiro atoms. The summed E-state index contributed by atoms with van der Waals surface area (Å²) in [7, 11) is 0. The van der Waals surface area contributed by atoms with Gasteiger partial charge in [-0.1, -0.05) is 487 Å². The van der Waals surface area contributed by atoms with Crippen LogP contribution in [0.25, 0.3) is 241 Å². The van der Waals surface area contributed by atoms with E-state index >= 15 is 0 Å². The summed E-state index contributed by atoms with van der Waals surface area (Å²) >= 11 is 0. The Kier molecular flexibility index (Phi) is 20.1. The number of hydrogen-bond acceptors (Lipinski definition) is 0. The van der Waals surface area contributed by atoms with Crippen molar-refractivity contribution < 1.29 is 0 Å². The molecule has 0 aromatic heterocycles. The van der Waals surface area contributed by atoms with Crippen molar-refractivity contribution in [2.75, 3.05) is 0 Å². The quantitative estimate of drug-likeness (QED) is 0.113. The molecule has 0 unspecified atom stereocenters. The average Bonchev–Trinajstić information content (AvgIpc) is 1.26. The summed E-state index contributed by atoms with van der Waals surface area (Å²) in [5.74, 6) is 0. The van der Waals surface area contributed by atoms with E-state index in [0.717, 1.165) is 0 Å². The number of hydrogen-bond donors (Lipinski definition) is 0. The van der Waals surface area contributed by atoms with Gasteiger partial charge in [0.2, 0.25) is 0 Å². The summed E-state index contributed by atoms with van der Waals surface area (Å²) in [5, 5.41) is 25.4. The highest BCUT2D eigenvalue weighted by molar-refractivity contribution is 6.27. The molecule has 622 valence electrons. The van der Waals surface area contributed by atoms with Gasteiger partial charge in [-0.15, -0.1) is 0 Å². The third-order valence-electron chi connectivity index (χ3n) is 28.0. The molecule has 0 saturated heterocycles. The normalized spacial score (nSPS) is 12.0. The Labute approximate surface area is 775 Å². The van der Waals surface area contributed by atoms with E-state index in [1.165, 1.54) is 252 Å². The molecule has 0 heteroatoms. The van der Waals surface area contributed by atoms with Crippen LogP contribution in [0.3, 0.4) is 0 Å². The van der Waals surface area contributed by atoms with Crippen LogP contribution in [0.4, 0.5) is 0 Å². The maximum absolute atomic E-state index is 2.46. The van der Waals surface area contributed by atoms with Crippen molar-refractivity contribution in [3.63, 3.8) is 0 Å². The molecule has 0 radical (unpaired) electrons. The SMILES string of the molecule is CC1(C)c2ccccc2-c2ccc(-c3ccc4c(-c5cccc6ccccc56)c5ccccc5c(-c5ccc6ccccc6c5)c4c3)cc21.c1ccc(-c2ccc(-c3c4ccccc4c(-c4ccccc4)c4cc(-c5ccc6ccccc6c5)ccc34)cc2)cc1.c1ccc(-c2ccc(-c3c4ccccc4c(-c4ccccc4)c4cc(-c5cccc6ccccc56)ccc34)cc2)cc1. The fourth-order valence-electron chi connectivity index (χ4n) is 21.6. The Bertz CT molecular complexity index is 8830. The summed E-state index contributed by atoms with van der Waals surface area (Å²) in [4.78, 5) is 0. The first-order valence-corrected chi connectivity index (χ1v) is 46.3. The fraction of sp³-hybridized carbons (Fsp3) is 0.0226. The molecule has 0 heterocycles. The van der Waals surface area contributed by atoms with Crippen LogP contribution in [0.1, 0.15) is 25.0 Å². The zero-order chi connectivity index (χ0) is 88.5. The van der Waals surface area contributed by atoms with Gasteiger partial charge in [-0.2, -0.15) is 0 Å². The van der Waals surface area contributed by atoms with Crippen LogP contribution in [0, 0.1) is 0 Å². The maximum Gasteiger partial charge on any atom is 0.0159 e. The molecule has 0 aliphatic heterocycles. The summed E-state index contributed by atoms with van der Waals surface area (Å²) in [5.41, 5.74) is 33.0. The molecular weight excluding hydrogens is 1600 g/mol. The predicted octanol–water partition coefficient (Wildman–Crippen LogP) is 37.2. The smallest absolute Gasteiger partial charge is 0.0159 e. The van der Waals surface area contributed by atoms with E-state index in [0.29, 0.717) is 0 Å². The Morgan fingerprint density at radius 2 is 0.368 bits per heavy atom. The Balaban J connectivity index is 0.000000110. The van der Waals surface area contributed by atoms with E-state index in [1.807, 2.05) is 0 Å². The topological polar surface area (TPSA) is 0 Å². The van der Waals surface area contributed by atoms with Crippen molar-refractivity contribution in [2.24, 2.45) is 0 Å². The molecular formula is C133H90. The second-order valence-electron chi connectivity index (χ2n) is 35.9. The van der Waals surface area contributed by atoms with Gasteiger partial charge >= 0.3 is 0 Å². The van der Waals surface area contributed by atoms with Crippen LogP contribution in [0.5, 0.6) is 0 Å². The van der Waals surface area contributed by atoms with Gasteiger partial charge < -0.3 is 0 Å². The van der Waals surface area contributed by atoms with Crippen LogP contribution in [-0.4, -0.2) is 0 Å². The van der Waals surface area contributed by atoms with E-state index < -0.39 is 0 Å². The molecule has 0 fully saturated rings.